The summed E-state index contributed by atoms with van der Waals surface area (Å²) in [4.78, 5) is 26.1. The number of aliphatic carboxylic acids is 1. The lowest BCUT2D eigenvalue weighted by Crippen LogP contribution is -2.57. The molecule has 2 saturated heterocycles. The number of likely N-dealkylation sites (tertiary alicyclic amines) is 1. The number of rotatable bonds is 3. The van der Waals surface area contributed by atoms with Crippen molar-refractivity contribution in [3.63, 3.8) is 0 Å². The Kier molecular flexibility index (Phi) is 3.75. The molecule has 2 aliphatic rings. The fourth-order valence-electron chi connectivity index (χ4n) is 2.70. The van der Waals surface area contributed by atoms with E-state index in [-0.39, 0.29) is 30.5 Å². The standard InChI is InChI=1S/C12H20N2O4/c1-8-10(3-4-18-8)13(2)12(17)14-6-9(7-14)5-11(15)16/h8-10H,3-7H2,1-2H3,(H,15,16). The molecule has 0 saturated carbocycles. The zero-order valence-corrected chi connectivity index (χ0v) is 10.8. The molecule has 2 atom stereocenters. The normalized spacial score (nSPS) is 28.0. The third kappa shape index (κ3) is 2.58. The Morgan fingerprint density at radius 2 is 2.11 bits per heavy atom. The number of hydrogen-bond donors (Lipinski definition) is 1. The minimum atomic E-state index is -0.793. The fraction of sp³-hybridized carbons (Fsp3) is 0.833. The Labute approximate surface area is 106 Å². The molecule has 0 aromatic heterocycles. The van der Waals surface area contributed by atoms with Crippen molar-refractivity contribution in [3.8, 4) is 0 Å². The number of carbonyl (C=O) groups is 2. The van der Waals surface area contributed by atoms with Crippen LogP contribution in [-0.4, -0.2) is 65.8 Å². The highest BCUT2D eigenvalue weighted by atomic mass is 16.5. The van der Waals surface area contributed by atoms with Crippen LogP contribution in [0.1, 0.15) is 19.8 Å². The number of carboxylic acid groups (broad SMARTS) is 1. The highest BCUT2D eigenvalue weighted by Gasteiger charge is 2.37. The number of urea groups is 1. The van der Waals surface area contributed by atoms with Gasteiger partial charge in [0.1, 0.15) is 0 Å². The molecule has 0 spiro atoms. The van der Waals surface area contributed by atoms with Gasteiger partial charge in [-0.25, -0.2) is 4.79 Å². The Bertz CT molecular complexity index is 341. The lowest BCUT2D eigenvalue weighted by Gasteiger charge is -2.42. The minimum absolute atomic E-state index is 0.0148. The van der Waals surface area contributed by atoms with E-state index in [1.54, 1.807) is 16.8 Å². The summed E-state index contributed by atoms with van der Waals surface area (Å²) in [6.45, 7) is 3.78. The Hall–Kier alpha value is -1.30. The molecule has 0 radical (unpaired) electrons. The molecule has 2 fully saturated rings. The molecule has 1 N–H and O–H groups in total. The van der Waals surface area contributed by atoms with Crippen LogP contribution in [0.15, 0.2) is 0 Å². The number of amides is 2. The van der Waals surface area contributed by atoms with Crippen LogP contribution < -0.4 is 0 Å². The van der Waals surface area contributed by atoms with Gasteiger partial charge in [-0.15, -0.1) is 0 Å². The summed E-state index contributed by atoms with van der Waals surface area (Å²) in [5.41, 5.74) is 0. The van der Waals surface area contributed by atoms with E-state index < -0.39 is 5.97 Å². The molecule has 2 amide bonds. The van der Waals surface area contributed by atoms with Crippen LogP contribution in [0.5, 0.6) is 0 Å². The van der Waals surface area contributed by atoms with E-state index in [9.17, 15) is 9.59 Å². The summed E-state index contributed by atoms with van der Waals surface area (Å²) in [7, 11) is 1.79. The van der Waals surface area contributed by atoms with E-state index in [1.165, 1.54) is 0 Å². The van der Waals surface area contributed by atoms with Gasteiger partial charge in [0, 0.05) is 32.7 Å². The number of likely N-dealkylation sites (N-methyl/N-ethyl adjacent to an activating group) is 1. The molecule has 2 aliphatic heterocycles. The van der Waals surface area contributed by atoms with E-state index in [0.717, 1.165) is 6.42 Å². The lowest BCUT2D eigenvalue weighted by molar-refractivity contribution is -0.139. The number of carbonyl (C=O) groups excluding carboxylic acids is 1. The third-order valence-electron chi connectivity index (χ3n) is 3.83. The minimum Gasteiger partial charge on any atom is -0.481 e. The zero-order chi connectivity index (χ0) is 13.3. The van der Waals surface area contributed by atoms with Crippen LogP contribution in [0.4, 0.5) is 4.79 Å². The predicted molar refractivity (Wildman–Crippen MR) is 64.3 cm³/mol. The van der Waals surface area contributed by atoms with E-state index in [1.807, 2.05) is 6.92 Å². The largest absolute Gasteiger partial charge is 0.481 e. The first-order valence-corrected chi connectivity index (χ1v) is 6.34. The third-order valence-corrected chi connectivity index (χ3v) is 3.83. The molecule has 6 nitrogen and oxygen atoms in total. The number of nitrogens with zero attached hydrogens (tertiary/aromatic N) is 2. The van der Waals surface area contributed by atoms with Gasteiger partial charge in [0.2, 0.25) is 0 Å². The molecule has 2 rings (SSSR count). The predicted octanol–water partition coefficient (Wildman–Crippen LogP) is 0.622. The molecule has 6 heteroatoms. The van der Waals surface area contributed by atoms with E-state index in [0.29, 0.717) is 19.7 Å². The molecule has 0 aromatic carbocycles. The molecule has 2 unspecified atom stereocenters. The molecule has 0 bridgehead atoms. The summed E-state index contributed by atoms with van der Waals surface area (Å²) in [6.07, 6.45) is 1.10. The Morgan fingerprint density at radius 1 is 1.44 bits per heavy atom. The second-order valence-electron chi connectivity index (χ2n) is 5.19. The first kappa shape index (κ1) is 13.1. The van der Waals surface area contributed by atoms with E-state index >= 15 is 0 Å². The van der Waals surface area contributed by atoms with Crippen LogP contribution in [-0.2, 0) is 9.53 Å². The molecule has 102 valence electrons. The quantitative estimate of drug-likeness (QED) is 0.803. The first-order chi connectivity index (χ1) is 8.49. The fourth-order valence-corrected chi connectivity index (χ4v) is 2.70. The van der Waals surface area contributed by atoms with Gasteiger partial charge in [-0.3, -0.25) is 4.79 Å². The van der Waals surface area contributed by atoms with Crippen LogP contribution in [0.25, 0.3) is 0 Å². The SMILES string of the molecule is CC1OCCC1N(C)C(=O)N1CC(CC(=O)O)C1. The summed E-state index contributed by atoms with van der Waals surface area (Å²) < 4.78 is 5.45. The maximum atomic E-state index is 12.1. The van der Waals surface area contributed by atoms with Gasteiger partial charge in [-0.2, -0.15) is 0 Å². The monoisotopic (exact) mass is 256 g/mol. The second kappa shape index (κ2) is 5.14. The van der Waals surface area contributed by atoms with Gasteiger partial charge in [0.05, 0.1) is 18.6 Å². The van der Waals surface area contributed by atoms with E-state index in [4.69, 9.17) is 9.84 Å². The highest BCUT2D eigenvalue weighted by molar-refractivity contribution is 5.76. The molecular formula is C12H20N2O4. The van der Waals surface area contributed by atoms with Gasteiger partial charge in [-0.05, 0) is 13.3 Å². The van der Waals surface area contributed by atoms with Crippen molar-refractivity contribution < 1.29 is 19.4 Å². The molecular weight excluding hydrogens is 236 g/mol. The molecule has 0 aliphatic carbocycles. The number of hydrogen-bond acceptors (Lipinski definition) is 3. The maximum Gasteiger partial charge on any atom is 0.320 e. The second-order valence-corrected chi connectivity index (χ2v) is 5.19. The average Bonchev–Trinajstić information content (AvgIpc) is 2.67. The van der Waals surface area contributed by atoms with Crippen LogP contribution in [0.2, 0.25) is 0 Å². The van der Waals surface area contributed by atoms with Crippen LogP contribution in [0, 0.1) is 5.92 Å². The highest BCUT2D eigenvalue weighted by Crippen LogP contribution is 2.24. The van der Waals surface area contributed by atoms with Crippen molar-refractivity contribution >= 4 is 12.0 Å². The lowest BCUT2D eigenvalue weighted by atomic mass is 9.97. The molecule has 18 heavy (non-hydrogen) atoms. The Morgan fingerprint density at radius 3 is 2.61 bits per heavy atom. The van der Waals surface area contributed by atoms with Crippen molar-refractivity contribution in [2.45, 2.75) is 31.9 Å². The van der Waals surface area contributed by atoms with Crippen molar-refractivity contribution in [3.05, 3.63) is 0 Å². The van der Waals surface area contributed by atoms with Gasteiger partial charge in [0.25, 0.3) is 0 Å². The summed E-state index contributed by atoms with van der Waals surface area (Å²) in [5, 5.41) is 8.66. The number of ether oxygens (including phenoxy) is 1. The summed E-state index contributed by atoms with van der Waals surface area (Å²) >= 11 is 0. The van der Waals surface area contributed by atoms with Crippen LogP contribution in [0.3, 0.4) is 0 Å². The topological polar surface area (TPSA) is 70.1 Å². The summed E-state index contributed by atoms with van der Waals surface area (Å²) in [5.74, 6) is -0.685. The Balaban J connectivity index is 1.80. The van der Waals surface area contributed by atoms with Gasteiger partial charge < -0.3 is 19.6 Å². The molecule has 2 heterocycles. The van der Waals surface area contributed by atoms with Gasteiger partial charge in [0.15, 0.2) is 0 Å². The summed E-state index contributed by atoms with van der Waals surface area (Å²) in [6, 6.07) is 0.120. The average molecular weight is 256 g/mol. The van der Waals surface area contributed by atoms with Gasteiger partial charge >= 0.3 is 12.0 Å². The van der Waals surface area contributed by atoms with Crippen molar-refractivity contribution in [1.82, 2.24) is 9.80 Å². The number of carboxylic acids is 1. The zero-order valence-electron chi connectivity index (χ0n) is 10.8. The molecule has 0 aromatic rings. The van der Waals surface area contributed by atoms with Crippen molar-refractivity contribution in [2.75, 3.05) is 26.7 Å². The van der Waals surface area contributed by atoms with Gasteiger partial charge in [-0.1, -0.05) is 0 Å². The van der Waals surface area contributed by atoms with Crippen LogP contribution >= 0.6 is 0 Å². The maximum absolute atomic E-state index is 12.1. The van der Waals surface area contributed by atoms with Crippen molar-refractivity contribution in [2.24, 2.45) is 5.92 Å². The van der Waals surface area contributed by atoms with E-state index in [2.05, 4.69) is 0 Å². The first-order valence-electron chi connectivity index (χ1n) is 6.34. The smallest absolute Gasteiger partial charge is 0.320 e. The van der Waals surface area contributed by atoms with Crippen molar-refractivity contribution in [1.29, 1.82) is 0 Å².